The molecule has 2 aromatic rings. The second kappa shape index (κ2) is 5.10. The second-order valence-electron chi connectivity index (χ2n) is 5.62. The number of nitrogens with two attached hydrogens (primary N) is 1. The molecule has 1 aromatic heterocycles. The van der Waals surface area contributed by atoms with E-state index in [1.807, 2.05) is 11.3 Å². The van der Waals surface area contributed by atoms with Crippen LogP contribution in [0.15, 0.2) is 30.3 Å². The molecule has 0 amide bonds. The third kappa shape index (κ3) is 2.35. The molecule has 0 bridgehead atoms. The Morgan fingerprint density at radius 3 is 2.53 bits per heavy atom. The largest absolute Gasteiger partial charge is 0.320 e. The van der Waals surface area contributed by atoms with Crippen molar-refractivity contribution in [3.8, 4) is 0 Å². The van der Waals surface area contributed by atoms with Crippen molar-refractivity contribution in [2.45, 2.75) is 45.1 Å². The van der Waals surface area contributed by atoms with Crippen LogP contribution in [0, 0.1) is 13.8 Å². The van der Waals surface area contributed by atoms with E-state index in [4.69, 9.17) is 5.73 Å². The van der Waals surface area contributed by atoms with Crippen LogP contribution in [-0.2, 0) is 0 Å². The van der Waals surface area contributed by atoms with Gasteiger partial charge in [-0.25, -0.2) is 0 Å². The van der Waals surface area contributed by atoms with Crippen molar-refractivity contribution < 1.29 is 0 Å². The number of hydrogen-bond acceptors (Lipinski definition) is 2. The summed E-state index contributed by atoms with van der Waals surface area (Å²) in [7, 11) is 0. The summed E-state index contributed by atoms with van der Waals surface area (Å²) in [5.74, 6) is 0.740. The molecule has 19 heavy (non-hydrogen) atoms. The number of hydrogen-bond donors (Lipinski definition) is 1. The van der Waals surface area contributed by atoms with E-state index in [-0.39, 0.29) is 6.04 Å². The van der Waals surface area contributed by atoms with Crippen LogP contribution in [0.25, 0.3) is 0 Å². The quantitative estimate of drug-likeness (QED) is 0.861. The lowest BCUT2D eigenvalue weighted by Gasteiger charge is -2.29. The van der Waals surface area contributed by atoms with Gasteiger partial charge in [0.15, 0.2) is 0 Å². The standard InChI is InChI=1S/C17H21NS/c1-11-10-16(19-12(11)2)17(18)15-9-4-3-8-14(15)13-6-5-7-13/h3-4,8-10,13,17H,5-7,18H2,1-2H3. The van der Waals surface area contributed by atoms with Crippen LogP contribution in [0.5, 0.6) is 0 Å². The Hall–Kier alpha value is -1.12. The van der Waals surface area contributed by atoms with E-state index < -0.39 is 0 Å². The molecule has 1 saturated carbocycles. The molecular formula is C17H21NS. The lowest BCUT2D eigenvalue weighted by Crippen LogP contribution is -2.17. The van der Waals surface area contributed by atoms with Crippen LogP contribution in [0.3, 0.4) is 0 Å². The van der Waals surface area contributed by atoms with Gasteiger partial charge in [-0.2, -0.15) is 0 Å². The van der Waals surface area contributed by atoms with E-state index in [9.17, 15) is 0 Å². The van der Waals surface area contributed by atoms with E-state index in [0.717, 1.165) is 5.92 Å². The molecule has 0 radical (unpaired) electrons. The van der Waals surface area contributed by atoms with E-state index in [0.29, 0.717) is 0 Å². The summed E-state index contributed by atoms with van der Waals surface area (Å²) in [6.07, 6.45) is 4.02. The molecular weight excluding hydrogens is 250 g/mol. The van der Waals surface area contributed by atoms with Crippen LogP contribution >= 0.6 is 11.3 Å². The zero-order valence-electron chi connectivity index (χ0n) is 11.6. The summed E-state index contributed by atoms with van der Waals surface area (Å²) < 4.78 is 0. The zero-order valence-corrected chi connectivity index (χ0v) is 12.5. The predicted octanol–water partition coefficient (Wildman–Crippen LogP) is 4.68. The van der Waals surface area contributed by atoms with Crippen LogP contribution in [0.1, 0.15) is 57.7 Å². The Morgan fingerprint density at radius 2 is 1.95 bits per heavy atom. The van der Waals surface area contributed by atoms with Gasteiger partial charge in [0.05, 0.1) is 6.04 Å². The fourth-order valence-electron chi connectivity index (χ4n) is 2.79. The first-order valence-electron chi connectivity index (χ1n) is 7.08. The first kappa shape index (κ1) is 12.9. The lowest BCUT2D eigenvalue weighted by molar-refractivity contribution is 0.416. The van der Waals surface area contributed by atoms with E-state index in [1.165, 1.54) is 45.7 Å². The van der Waals surface area contributed by atoms with Gasteiger partial charge in [-0.15, -0.1) is 11.3 Å². The van der Waals surface area contributed by atoms with Gasteiger partial charge >= 0.3 is 0 Å². The highest BCUT2D eigenvalue weighted by molar-refractivity contribution is 7.12. The molecule has 0 saturated heterocycles. The summed E-state index contributed by atoms with van der Waals surface area (Å²) in [5.41, 5.74) is 10.7. The molecule has 2 N–H and O–H groups in total. The minimum absolute atomic E-state index is 0.0363. The molecule has 1 nitrogen and oxygen atoms in total. The van der Waals surface area contributed by atoms with Gasteiger partial charge in [0.2, 0.25) is 0 Å². The molecule has 2 heteroatoms. The van der Waals surface area contributed by atoms with E-state index in [1.54, 1.807) is 0 Å². The van der Waals surface area contributed by atoms with Gasteiger partial charge in [0, 0.05) is 9.75 Å². The third-order valence-electron chi connectivity index (χ3n) is 4.37. The van der Waals surface area contributed by atoms with Crippen LogP contribution in [0.2, 0.25) is 0 Å². The summed E-state index contributed by atoms with van der Waals surface area (Å²) in [4.78, 5) is 2.67. The molecule has 0 aliphatic heterocycles. The van der Waals surface area contributed by atoms with Gasteiger partial charge in [-0.05, 0) is 55.4 Å². The van der Waals surface area contributed by atoms with Crippen molar-refractivity contribution in [1.29, 1.82) is 0 Å². The molecule has 100 valence electrons. The first-order valence-corrected chi connectivity index (χ1v) is 7.90. The molecule has 3 rings (SSSR count). The van der Waals surface area contributed by atoms with Crippen molar-refractivity contribution in [1.82, 2.24) is 0 Å². The highest BCUT2D eigenvalue weighted by Crippen LogP contribution is 2.41. The van der Waals surface area contributed by atoms with Crippen molar-refractivity contribution >= 4 is 11.3 Å². The number of thiophene rings is 1. The van der Waals surface area contributed by atoms with E-state index >= 15 is 0 Å². The normalized spacial score (nSPS) is 17.2. The summed E-state index contributed by atoms with van der Waals surface area (Å²) in [6.45, 7) is 4.34. The number of rotatable bonds is 3. The van der Waals surface area contributed by atoms with Crippen molar-refractivity contribution in [2.24, 2.45) is 5.73 Å². The molecule has 1 aliphatic rings. The minimum atomic E-state index is 0.0363. The average Bonchev–Trinajstić information content (AvgIpc) is 2.67. The second-order valence-corrected chi connectivity index (χ2v) is 6.91. The maximum absolute atomic E-state index is 6.53. The summed E-state index contributed by atoms with van der Waals surface area (Å²) in [6, 6.07) is 11.0. The van der Waals surface area contributed by atoms with Crippen molar-refractivity contribution in [2.75, 3.05) is 0 Å². The monoisotopic (exact) mass is 271 g/mol. The Morgan fingerprint density at radius 1 is 1.21 bits per heavy atom. The molecule has 1 atom stereocenters. The van der Waals surface area contributed by atoms with Gasteiger partial charge in [0.25, 0.3) is 0 Å². The zero-order chi connectivity index (χ0) is 13.4. The molecule has 0 spiro atoms. The Bertz CT molecular complexity index is 561. The van der Waals surface area contributed by atoms with Gasteiger partial charge in [-0.1, -0.05) is 30.7 Å². The fraction of sp³-hybridized carbons (Fsp3) is 0.412. The molecule has 1 unspecified atom stereocenters. The molecule has 1 aliphatic carbocycles. The highest BCUT2D eigenvalue weighted by Gasteiger charge is 2.24. The fourth-order valence-corrected chi connectivity index (χ4v) is 3.86. The first-order chi connectivity index (χ1) is 9.16. The van der Waals surface area contributed by atoms with Crippen molar-refractivity contribution in [3.05, 3.63) is 56.8 Å². The maximum Gasteiger partial charge on any atom is 0.0648 e. The third-order valence-corrected chi connectivity index (χ3v) is 5.60. The summed E-state index contributed by atoms with van der Waals surface area (Å²) in [5, 5.41) is 0. The maximum atomic E-state index is 6.53. The SMILES string of the molecule is Cc1cc(C(N)c2ccccc2C2CCC2)sc1C. The van der Waals surface area contributed by atoms with E-state index in [2.05, 4.69) is 44.2 Å². The van der Waals surface area contributed by atoms with Crippen molar-refractivity contribution in [3.63, 3.8) is 0 Å². The molecule has 1 heterocycles. The molecule has 1 fully saturated rings. The van der Waals surface area contributed by atoms with Crippen LogP contribution in [-0.4, -0.2) is 0 Å². The van der Waals surface area contributed by atoms with Crippen LogP contribution in [0.4, 0.5) is 0 Å². The minimum Gasteiger partial charge on any atom is -0.320 e. The Labute approximate surface area is 119 Å². The number of benzene rings is 1. The average molecular weight is 271 g/mol. The van der Waals surface area contributed by atoms with Crippen LogP contribution < -0.4 is 5.73 Å². The Balaban J connectivity index is 1.96. The van der Waals surface area contributed by atoms with Gasteiger partial charge in [0.1, 0.15) is 0 Å². The number of aryl methyl sites for hydroxylation is 2. The van der Waals surface area contributed by atoms with Gasteiger partial charge < -0.3 is 5.73 Å². The highest BCUT2D eigenvalue weighted by atomic mass is 32.1. The lowest BCUT2D eigenvalue weighted by atomic mass is 9.77. The smallest absolute Gasteiger partial charge is 0.0648 e. The van der Waals surface area contributed by atoms with Gasteiger partial charge in [-0.3, -0.25) is 0 Å². The summed E-state index contributed by atoms with van der Waals surface area (Å²) >= 11 is 1.84. The topological polar surface area (TPSA) is 26.0 Å². The Kier molecular flexibility index (Phi) is 3.46. The predicted molar refractivity (Wildman–Crippen MR) is 82.9 cm³/mol. The molecule has 1 aromatic carbocycles.